The Labute approximate surface area is 112 Å². The van der Waals surface area contributed by atoms with Crippen LogP contribution in [0.5, 0.6) is 0 Å². The average molecular weight is 291 g/mol. The van der Waals surface area contributed by atoms with Gasteiger partial charge in [0.15, 0.2) is 9.84 Å². The molecule has 0 spiro atoms. The van der Waals surface area contributed by atoms with Crippen LogP contribution in [0.25, 0.3) is 0 Å². The summed E-state index contributed by atoms with van der Waals surface area (Å²) in [6, 6.07) is 2.49. The van der Waals surface area contributed by atoms with E-state index >= 15 is 0 Å². The van der Waals surface area contributed by atoms with Gasteiger partial charge in [-0.05, 0) is 44.5 Å². The number of nitrogens with one attached hydrogen (secondary N) is 1. The monoisotopic (exact) mass is 291 g/mol. The lowest BCUT2D eigenvalue weighted by atomic mass is 10.2. The number of rotatable bonds is 7. The molecule has 0 amide bonds. The maximum Gasteiger partial charge on any atom is 0.181 e. The van der Waals surface area contributed by atoms with Crippen LogP contribution in [-0.4, -0.2) is 26.8 Å². The lowest BCUT2D eigenvalue weighted by Crippen LogP contribution is -2.29. The van der Waals surface area contributed by atoms with E-state index in [1.807, 2.05) is 13.8 Å². The predicted octanol–water partition coefficient (Wildman–Crippen LogP) is 2.52. The molecule has 0 aliphatic carbocycles. The summed E-state index contributed by atoms with van der Waals surface area (Å²) in [5, 5.41) is 3.15. The Kier molecular flexibility index (Phi) is 5.87. The summed E-state index contributed by atoms with van der Waals surface area (Å²) >= 11 is 0. The third-order valence-electron chi connectivity index (χ3n) is 2.79. The molecule has 19 heavy (non-hydrogen) atoms. The second kappa shape index (κ2) is 6.96. The Hall–Kier alpha value is -1.01. The fraction of sp³-hybridized carbons (Fsp3) is 0.538. The molecule has 0 aliphatic heterocycles. The molecule has 0 aliphatic rings. The van der Waals surface area contributed by atoms with Gasteiger partial charge in [-0.25, -0.2) is 17.2 Å². The van der Waals surface area contributed by atoms with Crippen molar-refractivity contribution in [2.75, 3.05) is 12.3 Å². The van der Waals surface area contributed by atoms with Gasteiger partial charge >= 0.3 is 0 Å². The van der Waals surface area contributed by atoms with Crippen molar-refractivity contribution in [1.29, 1.82) is 0 Å². The zero-order chi connectivity index (χ0) is 14.5. The van der Waals surface area contributed by atoms with Gasteiger partial charge in [0.25, 0.3) is 0 Å². The number of hydrogen-bond donors (Lipinski definition) is 1. The van der Waals surface area contributed by atoms with Gasteiger partial charge in [-0.2, -0.15) is 0 Å². The zero-order valence-corrected chi connectivity index (χ0v) is 11.9. The summed E-state index contributed by atoms with van der Waals surface area (Å²) in [7, 11) is -3.79. The fourth-order valence-corrected chi connectivity index (χ4v) is 3.19. The van der Waals surface area contributed by atoms with Crippen LogP contribution < -0.4 is 5.32 Å². The number of benzene rings is 1. The van der Waals surface area contributed by atoms with E-state index in [1.165, 1.54) is 0 Å². The predicted molar refractivity (Wildman–Crippen MR) is 70.8 cm³/mol. The minimum absolute atomic E-state index is 0.0198. The van der Waals surface area contributed by atoms with Crippen molar-refractivity contribution in [3.05, 3.63) is 29.8 Å². The topological polar surface area (TPSA) is 46.2 Å². The Morgan fingerprint density at radius 1 is 1.32 bits per heavy atom. The van der Waals surface area contributed by atoms with Gasteiger partial charge < -0.3 is 5.32 Å². The molecule has 1 N–H and O–H groups in total. The highest BCUT2D eigenvalue weighted by molar-refractivity contribution is 7.91. The standard InChI is InChI=1S/C13H19F2NO2S/c1-3-7-16-10(2)6-8-19(17,18)13-9-11(14)4-5-12(13)15/h4-5,9-10,16H,3,6-8H2,1-2H3. The second-order valence-corrected chi connectivity index (χ2v) is 6.62. The van der Waals surface area contributed by atoms with Crippen molar-refractivity contribution in [2.24, 2.45) is 0 Å². The molecule has 6 heteroatoms. The normalized spacial score (nSPS) is 13.5. The van der Waals surface area contributed by atoms with Gasteiger partial charge in [0, 0.05) is 6.04 Å². The van der Waals surface area contributed by atoms with Crippen LogP contribution in [0.4, 0.5) is 8.78 Å². The van der Waals surface area contributed by atoms with Crippen LogP contribution in [0.15, 0.2) is 23.1 Å². The molecule has 1 aromatic rings. The van der Waals surface area contributed by atoms with E-state index in [0.717, 1.165) is 31.2 Å². The van der Waals surface area contributed by atoms with Crippen molar-refractivity contribution in [2.45, 2.75) is 37.6 Å². The molecule has 1 unspecified atom stereocenters. The first kappa shape index (κ1) is 16.0. The maximum atomic E-state index is 13.4. The molecule has 0 radical (unpaired) electrons. The lowest BCUT2D eigenvalue weighted by Gasteiger charge is -2.13. The Bertz CT molecular complexity index is 517. The number of halogens is 2. The van der Waals surface area contributed by atoms with E-state index < -0.39 is 26.4 Å². The van der Waals surface area contributed by atoms with E-state index in [-0.39, 0.29) is 11.8 Å². The third-order valence-corrected chi connectivity index (χ3v) is 4.55. The fourth-order valence-electron chi connectivity index (χ4n) is 1.65. The van der Waals surface area contributed by atoms with E-state index in [1.54, 1.807) is 0 Å². The highest BCUT2D eigenvalue weighted by Crippen LogP contribution is 2.18. The van der Waals surface area contributed by atoms with Crippen LogP contribution in [0, 0.1) is 11.6 Å². The largest absolute Gasteiger partial charge is 0.314 e. The summed E-state index contributed by atoms with van der Waals surface area (Å²) in [5.41, 5.74) is 0. The van der Waals surface area contributed by atoms with E-state index in [4.69, 9.17) is 0 Å². The van der Waals surface area contributed by atoms with Gasteiger partial charge in [0.05, 0.1) is 5.75 Å². The molecule has 1 atom stereocenters. The molecule has 0 heterocycles. The van der Waals surface area contributed by atoms with Gasteiger partial charge in [0.1, 0.15) is 16.5 Å². The summed E-state index contributed by atoms with van der Waals surface area (Å²) < 4.78 is 50.3. The highest BCUT2D eigenvalue weighted by atomic mass is 32.2. The molecule has 1 rings (SSSR count). The summed E-state index contributed by atoms with van der Waals surface area (Å²) in [6.45, 7) is 4.68. The van der Waals surface area contributed by atoms with Gasteiger partial charge in [0.2, 0.25) is 0 Å². The van der Waals surface area contributed by atoms with Crippen LogP contribution >= 0.6 is 0 Å². The summed E-state index contributed by atoms with van der Waals surface area (Å²) in [5.74, 6) is -1.86. The molecular formula is C13H19F2NO2S. The lowest BCUT2D eigenvalue weighted by molar-refractivity contribution is 0.520. The highest BCUT2D eigenvalue weighted by Gasteiger charge is 2.20. The molecule has 1 aromatic carbocycles. The van der Waals surface area contributed by atoms with Crippen LogP contribution in [0.3, 0.4) is 0 Å². The van der Waals surface area contributed by atoms with Crippen molar-refractivity contribution in [3.63, 3.8) is 0 Å². The zero-order valence-electron chi connectivity index (χ0n) is 11.1. The molecule has 3 nitrogen and oxygen atoms in total. The molecule has 0 saturated heterocycles. The van der Waals surface area contributed by atoms with Crippen molar-refractivity contribution in [1.82, 2.24) is 5.32 Å². The second-order valence-electron chi connectivity index (χ2n) is 4.54. The number of hydrogen-bond acceptors (Lipinski definition) is 3. The molecule has 0 aromatic heterocycles. The van der Waals surface area contributed by atoms with E-state index in [9.17, 15) is 17.2 Å². The maximum absolute atomic E-state index is 13.4. The van der Waals surface area contributed by atoms with E-state index in [0.29, 0.717) is 6.42 Å². The van der Waals surface area contributed by atoms with Crippen molar-refractivity contribution < 1.29 is 17.2 Å². The molecule has 0 fully saturated rings. The minimum Gasteiger partial charge on any atom is -0.314 e. The first-order valence-electron chi connectivity index (χ1n) is 6.28. The van der Waals surface area contributed by atoms with E-state index in [2.05, 4.69) is 5.32 Å². The smallest absolute Gasteiger partial charge is 0.181 e. The SMILES string of the molecule is CCCNC(C)CCS(=O)(=O)c1cc(F)ccc1F. The van der Waals surface area contributed by atoms with Crippen molar-refractivity contribution in [3.8, 4) is 0 Å². The van der Waals surface area contributed by atoms with Crippen LogP contribution in [-0.2, 0) is 9.84 Å². The van der Waals surface area contributed by atoms with Crippen LogP contribution in [0.2, 0.25) is 0 Å². The number of sulfone groups is 1. The first-order chi connectivity index (χ1) is 8.86. The van der Waals surface area contributed by atoms with Gasteiger partial charge in [-0.3, -0.25) is 0 Å². The minimum atomic E-state index is -3.79. The third kappa shape index (κ3) is 4.87. The van der Waals surface area contributed by atoms with Gasteiger partial charge in [-0.1, -0.05) is 6.92 Å². The molecular weight excluding hydrogens is 272 g/mol. The molecule has 0 saturated carbocycles. The molecule has 0 bridgehead atoms. The van der Waals surface area contributed by atoms with Gasteiger partial charge in [-0.15, -0.1) is 0 Å². The summed E-state index contributed by atoms with van der Waals surface area (Å²) in [6.07, 6.45) is 1.31. The Morgan fingerprint density at radius 3 is 2.63 bits per heavy atom. The average Bonchev–Trinajstić information content (AvgIpc) is 2.36. The Balaban J connectivity index is 2.73. The first-order valence-corrected chi connectivity index (χ1v) is 7.93. The molecule has 108 valence electrons. The van der Waals surface area contributed by atoms with Crippen LogP contribution in [0.1, 0.15) is 26.7 Å². The Morgan fingerprint density at radius 2 is 2.00 bits per heavy atom. The van der Waals surface area contributed by atoms with Crippen molar-refractivity contribution >= 4 is 9.84 Å². The quantitative estimate of drug-likeness (QED) is 0.839. The summed E-state index contributed by atoms with van der Waals surface area (Å²) in [4.78, 5) is -0.560.